The Morgan fingerprint density at radius 2 is 1.76 bits per heavy atom. The largest absolute Gasteiger partial charge is 0.493 e. The predicted octanol–water partition coefficient (Wildman–Crippen LogP) is 4.81. The fourth-order valence-electron chi connectivity index (χ4n) is 3.00. The highest BCUT2D eigenvalue weighted by atomic mass is 35.5. The minimum Gasteiger partial charge on any atom is -0.493 e. The molecule has 1 N–H and O–H groups in total. The van der Waals surface area contributed by atoms with Crippen molar-refractivity contribution in [2.45, 2.75) is 13.8 Å². The number of benzene rings is 2. The van der Waals surface area contributed by atoms with Gasteiger partial charge in [-0.2, -0.15) is 5.10 Å². The molecule has 3 aromatic rings. The second-order valence-corrected chi connectivity index (χ2v) is 6.75. The summed E-state index contributed by atoms with van der Waals surface area (Å²) in [5.41, 5.74) is 4.07. The second kappa shape index (κ2) is 8.84. The molecule has 0 spiro atoms. The average molecular weight is 412 g/mol. The third kappa shape index (κ3) is 4.43. The first-order valence-corrected chi connectivity index (χ1v) is 9.34. The highest BCUT2D eigenvalue weighted by Gasteiger charge is 2.13. The Balaban J connectivity index is 1.81. The van der Waals surface area contributed by atoms with Gasteiger partial charge in [0, 0.05) is 29.5 Å². The lowest BCUT2D eigenvalue weighted by Crippen LogP contribution is -2.08. The highest BCUT2D eigenvalue weighted by Crippen LogP contribution is 2.36. The van der Waals surface area contributed by atoms with Crippen molar-refractivity contribution < 1.29 is 14.3 Å². The van der Waals surface area contributed by atoms with Gasteiger partial charge in [0.2, 0.25) is 5.91 Å². The molecular formula is C22H22ClN3O3. The topological polar surface area (TPSA) is 65.4 Å². The number of para-hydroxylation sites is 1. The Bertz CT molecular complexity index is 1060. The zero-order chi connectivity index (χ0) is 21.0. The van der Waals surface area contributed by atoms with Gasteiger partial charge in [-0.1, -0.05) is 29.8 Å². The Morgan fingerprint density at radius 1 is 1.10 bits per heavy atom. The summed E-state index contributed by atoms with van der Waals surface area (Å²) in [5, 5.41) is 7.70. The smallest absolute Gasteiger partial charge is 0.248 e. The van der Waals surface area contributed by atoms with Crippen LogP contribution in [0.25, 0.3) is 11.8 Å². The van der Waals surface area contributed by atoms with Gasteiger partial charge in [-0.25, -0.2) is 4.68 Å². The van der Waals surface area contributed by atoms with E-state index >= 15 is 0 Å². The SMILES string of the molecule is COc1cc(Cl)c(NC(=O)/C=C/c2c(C)nn(-c3ccccc3)c2C)cc1OC. The standard InChI is InChI=1S/C22H22ClN3O3/c1-14-17(15(2)26(25-14)16-8-6-5-7-9-16)10-11-22(27)24-19-13-21(29-4)20(28-3)12-18(19)23/h5-13H,1-4H3,(H,24,27)/b11-10+. The Morgan fingerprint density at radius 3 is 2.41 bits per heavy atom. The number of hydrogen-bond acceptors (Lipinski definition) is 4. The molecule has 0 bridgehead atoms. The molecule has 1 amide bonds. The minimum absolute atomic E-state index is 0.314. The van der Waals surface area contributed by atoms with Gasteiger partial charge in [-0.05, 0) is 32.1 Å². The quantitative estimate of drug-likeness (QED) is 0.591. The number of rotatable bonds is 6. The van der Waals surface area contributed by atoms with E-state index in [9.17, 15) is 4.79 Å². The van der Waals surface area contributed by atoms with E-state index in [-0.39, 0.29) is 5.91 Å². The van der Waals surface area contributed by atoms with E-state index in [0.717, 1.165) is 22.6 Å². The van der Waals surface area contributed by atoms with Crippen LogP contribution < -0.4 is 14.8 Å². The highest BCUT2D eigenvalue weighted by molar-refractivity contribution is 6.34. The van der Waals surface area contributed by atoms with Gasteiger partial charge in [-0.15, -0.1) is 0 Å². The average Bonchev–Trinajstić information content (AvgIpc) is 3.01. The number of halogens is 1. The van der Waals surface area contributed by atoms with Crippen LogP contribution >= 0.6 is 11.6 Å². The summed E-state index contributed by atoms with van der Waals surface area (Å²) in [6.07, 6.45) is 3.21. The van der Waals surface area contributed by atoms with Crippen LogP contribution in [0.3, 0.4) is 0 Å². The van der Waals surface area contributed by atoms with Crippen molar-refractivity contribution in [2.24, 2.45) is 0 Å². The summed E-state index contributed by atoms with van der Waals surface area (Å²) in [7, 11) is 3.04. The maximum Gasteiger partial charge on any atom is 0.248 e. The number of aryl methyl sites for hydroxylation is 1. The third-order valence-corrected chi connectivity index (χ3v) is 4.79. The Labute approximate surface area is 174 Å². The van der Waals surface area contributed by atoms with E-state index in [1.165, 1.54) is 20.3 Å². The van der Waals surface area contributed by atoms with Crippen molar-refractivity contribution in [3.63, 3.8) is 0 Å². The van der Waals surface area contributed by atoms with Crippen LogP contribution in [-0.2, 0) is 4.79 Å². The first kappa shape index (κ1) is 20.5. The molecule has 3 rings (SSSR count). The molecule has 2 aromatic carbocycles. The van der Waals surface area contributed by atoms with E-state index in [1.807, 2.05) is 48.9 Å². The predicted molar refractivity (Wildman–Crippen MR) is 115 cm³/mol. The first-order chi connectivity index (χ1) is 13.9. The van der Waals surface area contributed by atoms with Gasteiger partial charge >= 0.3 is 0 Å². The molecule has 0 atom stereocenters. The number of anilines is 1. The molecule has 150 valence electrons. The lowest BCUT2D eigenvalue weighted by Gasteiger charge is -2.11. The number of aromatic nitrogens is 2. The van der Waals surface area contributed by atoms with E-state index in [2.05, 4.69) is 10.4 Å². The van der Waals surface area contributed by atoms with Gasteiger partial charge < -0.3 is 14.8 Å². The number of amides is 1. The van der Waals surface area contributed by atoms with Gasteiger partial charge in [0.15, 0.2) is 11.5 Å². The Kier molecular flexibility index (Phi) is 6.24. The molecule has 29 heavy (non-hydrogen) atoms. The van der Waals surface area contributed by atoms with Gasteiger partial charge in [0.1, 0.15) is 0 Å². The maximum atomic E-state index is 12.4. The van der Waals surface area contributed by atoms with Gasteiger partial charge in [0.05, 0.1) is 36.3 Å². The summed E-state index contributed by atoms with van der Waals surface area (Å²) < 4.78 is 12.3. The molecule has 6 nitrogen and oxygen atoms in total. The molecule has 0 radical (unpaired) electrons. The molecule has 0 aliphatic heterocycles. The monoisotopic (exact) mass is 411 g/mol. The second-order valence-electron chi connectivity index (χ2n) is 6.34. The summed E-state index contributed by atoms with van der Waals surface area (Å²) in [5.74, 6) is 0.656. The number of carbonyl (C=O) groups is 1. The van der Waals surface area contributed by atoms with Crippen molar-refractivity contribution in [3.8, 4) is 17.2 Å². The number of nitrogens with zero attached hydrogens (tertiary/aromatic N) is 2. The summed E-state index contributed by atoms with van der Waals surface area (Å²) in [4.78, 5) is 12.4. The minimum atomic E-state index is -0.314. The number of carbonyl (C=O) groups excluding carboxylic acids is 1. The molecule has 0 aliphatic carbocycles. The molecule has 1 heterocycles. The van der Waals surface area contributed by atoms with Gasteiger partial charge in [0.25, 0.3) is 0 Å². The number of methoxy groups -OCH3 is 2. The maximum absolute atomic E-state index is 12.4. The Hall–Kier alpha value is -3.25. The molecular weight excluding hydrogens is 390 g/mol. The normalized spacial score (nSPS) is 10.9. The zero-order valence-corrected chi connectivity index (χ0v) is 17.4. The van der Waals surface area contributed by atoms with Crippen molar-refractivity contribution >= 4 is 29.3 Å². The van der Waals surface area contributed by atoms with Crippen LogP contribution in [0, 0.1) is 13.8 Å². The summed E-state index contributed by atoms with van der Waals surface area (Å²) in [6.45, 7) is 3.88. The molecule has 0 unspecified atom stereocenters. The van der Waals surface area contributed by atoms with Crippen molar-refractivity contribution in [1.29, 1.82) is 0 Å². The molecule has 1 aromatic heterocycles. The number of ether oxygens (including phenoxy) is 2. The van der Waals surface area contributed by atoms with Crippen LogP contribution in [0.1, 0.15) is 17.0 Å². The van der Waals surface area contributed by atoms with Crippen LogP contribution in [0.5, 0.6) is 11.5 Å². The van der Waals surface area contributed by atoms with Crippen molar-refractivity contribution in [3.05, 3.63) is 70.5 Å². The van der Waals surface area contributed by atoms with Crippen molar-refractivity contribution in [1.82, 2.24) is 9.78 Å². The lowest BCUT2D eigenvalue weighted by molar-refractivity contribution is -0.111. The summed E-state index contributed by atoms with van der Waals surface area (Å²) >= 11 is 6.23. The van der Waals surface area contributed by atoms with Crippen LogP contribution in [-0.4, -0.2) is 29.9 Å². The molecule has 0 aliphatic rings. The third-order valence-electron chi connectivity index (χ3n) is 4.48. The molecule has 0 saturated carbocycles. The fourth-order valence-corrected chi connectivity index (χ4v) is 3.20. The van der Waals surface area contributed by atoms with E-state index in [0.29, 0.717) is 22.2 Å². The van der Waals surface area contributed by atoms with Gasteiger partial charge in [-0.3, -0.25) is 4.79 Å². The lowest BCUT2D eigenvalue weighted by atomic mass is 10.2. The molecule has 0 fully saturated rings. The molecule has 7 heteroatoms. The van der Waals surface area contributed by atoms with E-state index in [1.54, 1.807) is 18.2 Å². The number of nitrogens with one attached hydrogen (secondary N) is 1. The van der Waals surface area contributed by atoms with Crippen LogP contribution in [0.15, 0.2) is 48.5 Å². The van der Waals surface area contributed by atoms with E-state index in [4.69, 9.17) is 21.1 Å². The van der Waals surface area contributed by atoms with E-state index < -0.39 is 0 Å². The summed E-state index contributed by atoms with van der Waals surface area (Å²) in [6, 6.07) is 13.1. The van der Waals surface area contributed by atoms with Crippen molar-refractivity contribution in [2.75, 3.05) is 19.5 Å². The zero-order valence-electron chi connectivity index (χ0n) is 16.7. The van der Waals surface area contributed by atoms with Crippen LogP contribution in [0.2, 0.25) is 5.02 Å². The number of hydrogen-bond donors (Lipinski definition) is 1. The first-order valence-electron chi connectivity index (χ1n) is 8.96. The van der Waals surface area contributed by atoms with Crippen LogP contribution in [0.4, 0.5) is 5.69 Å². The molecule has 0 saturated heterocycles. The fraction of sp³-hybridized carbons (Fsp3) is 0.182.